The number of rotatable bonds is 7. The Kier molecular flexibility index (Phi) is 5.46. The van der Waals surface area contributed by atoms with Crippen molar-refractivity contribution in [2.45, 2.75) is 13.3 Å². The molecule has 5 heteroatoms. The molecule has 0 saturated heterocycles. The Morgan fingerprint density at radius 1 is 0.885 bits per heavy atom. The van der Waals surface area contributed by atoms with Crippen molar-refractivity contribution in [2.24, 2.45) is 0 Å². The van der Waals surface area contributed by atoms with Gasteiger partial charge in [-0.25, -0.2) is 4.98 Å². The van der Waals surface area contributed by atoms with Gasteiger partial charge >= 0.3 is 0 Å². The lowest BCUT2D eigenvalue weighted by Crippen LogP contribution is -2.07. The lowest BCUT2D eigenvalue weighted by atomic mass is 10.1. The van der Waals surface area contributed by atoms with Gasteiger partial charge in [-0.15, -0.1) is 0 Å². The predicted molar refractivity (Wildman–Crippen MR) is 105 cm³/mol. The summed E-state index contributed by atoms with van der Waals surface area (Å²) in [6.45, 7) is 2.87. The van der Waals surface area contributed by atoms with Crippen LogP contribution >= 0.6 is 0 Å². The summed E-state index contributed by atoms with van der Waals surface area (Å²) in [5, 5.41) is 4.51. The number of hydrogen-bond acceptors (Lipinski definition) is 5. The van der Waals surface area contributed by atoms with Crippen molar-refractivity contribution >= 4 is 16.7 Å². The predicted octanol–water partition coefficient (Wildman–Crippen LogP) is 4.22. The van der Waals surface area contributed by atoms with Crippen molar-refractivity contribution in [3.05, 3.63) is 53.6 Å². The first-order chi connectivity index (χ1) is 12.6. The molecular formula is C21H24N2O3. The van der Waals surface area contributed by atoms with Gasteiger partial charge < -0.3 is 19.5 Å². The third-order valence-corrected chi connectivity index (χ3v) is 4.39. The molecule has 0 aliphatic rings. The maximum absolute atomic E-state index is 5.36. The van der Waals surface area contributed by atoms with E-state index in [-0.39, 0.29) is 0 Å². The fourth-order valence-corrected chi connectivity index (χ4v) is 2.96. The van der Waals surface area contributed by atoms with Crippen LogP contribution < -0.4 is 19.5 Å². The zero-order valence-corrected chi connectivity index (χ0v) is 15.6. The van der Waals surface area contributed by atoms with Gasteiger partial charge in [0.05, 0.1) is 26.8 Å². The highest BCUT2D eigenvalue weighted by molar-refractivity contribution is 5.85. The highest BCUT2D eigenvalue weighted by Crippen LogP contribution is 2.28. The maximum Gasteiger partial charge on any atom is 0.160 e. The highest BCUT2D eigenvalue weighted by Gasteiger charge is 2.06. The lowest BCUT2D eigenvalue weighted by molar-refractivity contribution is 0.354. The van der Waals surface area contributed by atoms with Crippen LogP contribution in [0.25, 0.3) is 10.9 Å². The van der Waals surface area contributed by atoms with Crippen molar-refractivity contribution in [1.29, 1.82) is 0 Å². The molecule has 0 saturated carbocycles. The van der Waals surface area contributed by atoms with E-state index in [0.29, 0.717) is 0 Å². The molecule has 0 radical (unpaired) electrons. The van der Waals surface area contributed by atoms with Crippen LogP contribution in [0.2, 0.25) is 0 Å². The molecule has 1 N–H and O–H groups in total. The number of fused-ring (bicyclic) bond motifs is 1. The Morgan fingerprint density at radius 3 is 2.42 bits per heavy atom. The SMILES string of the molecule is COc1ccc2nc(NCCc3ccc(OC)c(OC)c3)cc(C)c2c1. The molecule has 0 amide bonds. The number of nitrogens with one attached hydrogen (secondary N) is 1. The third-order valence-electron chi connectivity index (χ3n) is 4.39. The van der Waals surface area contributed by atoms with E-state index < -0.39 is 0 Å². The standard InChI is InChI=1S/C21H24N2O3/c1-14-11-21(23-18-7-6-16(24-2)13-17(14)18)22-10-9-15-5-8-19(25-3)20(12-15)26-4/h5-8,11-13H,9-10H2,1-4H3,(H,22,23). The minimum absolute atomic E-state index is 0.742. The Bertz CT molecular complexity index is 909. The van der Waals surface area contributed by atoms with E-state index in [9.17, 15) is 0 Å². The number of anilines is 1. The Balaban J connectivity index is 1.70. The average molecular weight is 352 g/mol. The lowest BCUT2D eigenvalue weighted by Gasteiger charge is -2.12. The second-order valence-corrected chi connectivity index (χ2v) is 6.07. The summed E-state index contributed by atoms with van der Waals surface area (Å²) in [5.41, 5.74) is 3.30. The number of methoxy groups -OCH3 is 3. The van der Waals surface area contributed by atoms with Crippen LogP contribution in [0.5, 0.6) is 17.2 Å². The van der Waals surface area contributed by atoms with E-state index in [4.69, 9.17) is 19.2 Å². The highest BCUT2D eigenvalue weighted by atomic mass is 16.5. The second-order valence-electron chi connectivity index (χ2n) is 6.07. The number of aromatic nitrogens is 1. The summed E-state index contributed by atoms with van der Waals surface area (Å²) in [6.07, 6.45) is 0.863. The van der Waals surface area contributed by atoms with Gasteiger partial charge in [0.2, 0.25) is 0 Å². The van der Waals surface area contributed by atoms with Crippen molar-refractivity contribution < 1.29 is 14.2 Å². The van der Waals surface area contributed by atoms with Crippen LogP contribution in [0.1, 0.15) is 11.1 Å². The minimum Gasteiger partial charge on any atom is -0.497 e. The van der Waals surface area contributed by atoms with Gasteiger partial charge in [0.25, 0.3) is 0 Å². The molecule has 0 unspecified atom stereocenters. The molecule has 136 valence electrons. The molecular weight excluding hydrogens is 328 g/mol. The van der Waals surface area contributed by atoms with Crippen molar-refractivity contribution in [3.8, 4) is 17.2 Å². The van der Waals surface area contributed by atoms with Gasteiger partial charge in [0.1, 0.15) is 11.6 Å². The van der Waals surface area contributed by atoms with E-state index >= 15 is 0 Å². The first-order valence-corrected chi connectivity index (χ1v) is 8.54. The fraction of sp³-hybridized carbons (Fsp3) is 0.286. The largest absolute Gasteiger partial charge is 0.497 e. The molecule has 0 spiro atoms. The molecule has 0 fully saturated rings. The Labute approximate surface area is 153 Å². The molecule has 0 atom stereocenters. The van der Waals surface area contributed by atoms with Crippen LogP contribution in [0.3, 0.4) is 0 Å². The Hall–Kier alpha value is -2.95. The Morgan fingerprint density at radius 2 is 1.69 bits per heavy atom. The monoisotopic (exact) mass is 352 g/mol. The normalized spacial score (nSPS) is 10.6. The summed E-state index contributed by atoms with van der Waals surface area (Å²) in [6, 6.07) is 14.0. The summed E-state index contributed by atoms with van der Waals surface area (Å²) >= 11 is 0. The molecule has 2 aromatic carbocycles. The average Bonchev–Trinajstić information content (AvgIpc) is 2.67. The van der Waals surface area contributed by atoms with Gasteiger partial charge in [-0.05, 0) is 60.9 Å². The molecule has 0 aliphatic heterocycles. The van der Waals surface area contributed by atoms with Crippen LogP contribution in [0, 0.1) is 6.92 Å². The number of pyridine rings is 1. The first-order valence-electron chi connectivity index (χ1n) is 8.54. The fourth-order valence-electron chi connectivity index (χ4n) is 2.96. The van der Waals surface area contributed by atoms with Crippen molar-refractivity contribution in [2.75, 3.05) is 33.2 Å². The molecule has 26 heavy (non-hydrogen) atoms. The van der Waals surface area contributed by atoms with Crippen LogP contribution in [-0.4, -0.2) is 32.9 Å². The van der Waals surface area contributed by atoms with E-state index in [2.05, 4.69) is 18.3 Å². The number of ether oxygens (including phenoxy) is 3. The summed E-state index contributed by atoms with van der Waals surface area (Å²) < 4.78 is 15.9. The smallest absolute Gasteiger partial charge is 0.160 e. The number of nitrogens with zero attached hydrogens (tertiary/aromatic N) is 1. The van der Waals surface area contributed by atoms with Crippen LogP contribution in [-0.2, 0) is 6.42 Å². The van der Waals surface area contributed by atoms with E-state index in [0.717, 1.165) is 46.9 Å². The molecule has 1 aromatic heterocycles. The molecule has 1 heterocycles. The number of aryl methyl sites for hydroxylation is 1. The third kappa shape index (κ3) is 3.82. The number of benzene rings is 2. The zero-order valence-electron chi connectivity index (χ0n) is 15.6. The summed E-state index contributed by atoms with van der Waals surface area (Å²) in [5.74, 6) is 3.21. The molecule has 0 bridgehead atoms. The quantitative estimate of drug-likeness (QED) is 0.690. The second kappa shape index (κ2) is 7.95. The van der Waals surface area contributed by atoms with Gasteiger partial charge in [-0.1, -0.05) is 6.07 Å². The van der Waals surface area contributed by atoms with E-state index in [1.54, 1.807) is 21.3 Å². The van der Waals surface area contributed by atoms with Gasteiger partial charge in [-0.2, -0.15) is 0 Å². The summed E-state index contributed by atoms with van der Waals surface area (Å²) in [7, 11) is 4.97. The van der Waals surface area contributed by atoms with E-state index in [1.807, 2.05) is 36.4 Å². The van der Waals surface area contributed by atoms with Gasteiger partial charge in [0, 0.05) is 11.9 Å². The minimum atomic E-state index is 0.742. The molecule has 0 aliphatic carbocycles. The zero-order chi connectivity index (χ0) is 18.5. The van der Waals surface area contributed by atoms with E-state index in [1.165, 1.54) is 11.1 Å². The van der Waals surface area contributed by atoms with Gasteiger partial charge in [-0.3, -0.25) is 0 Å². The van der Waals surface area contributed by atoms with Crippen molar-refractivity contribution in [1.82, 2.24) is 4.98 Å². The van der Waals surface area contributed by atoms with Gasteiger partial charge in [0.15, 0.2) is 11.5 Å². The topological polar surface area (TPSA) is 52.6 Å². The first kappa shape index (κ1) is 17.9. The van der Waals surface area contributed by atoms with Crippen LogP contribution in [0.15, 0.2) is 42.5 Å². The maximum atomic E-state index is 5.36. The molecule has 5 nitrogen and oxygen atoms in total. The summed E-state index contributed by atoms with van der Waals surface area (Å²) in [4.78, 5) is 4.69. The van der Waals surface area contributed by atoms with Crippen LogP contribution in [0.4, 0.5) is 5.82 Å². The van der Waals surface area contributed by atoms with Crippen molar-refractivity contribution in [3.63, 3.8) is 0 Å². The molecule has 3 rings (SSSR count). The molecule has 3 aromatic rings. The number of hydrogen-bond donors (Lipinski definition) is 1.